The van der Waals surface area contributed by atoms with E-state index in [1.165, 1.54) is 37.3 Å². The number of rotatable bonds is 13. The molecule has 1 fully saturated rings. The predicted molar refractivity (Wildman–Crippen MR) is 167 cm³/mol. The molecule has 0 bridgehead atoms. The molecule has 0 radical (unpaired) electrons. The normalized spacial score (nSPS) is 14.1. The minimum atomic E-state index is -4.26. The maximum absolute atomic E-state index is 14.3. The number of anilines is 1. The summed E-state index contributed by atoms with van der Waals surface area (Å²) in [6.07, 6.45) is 4.22. The molecule has 43 heavy (non-hydrogen) atoms. The fraction of sp³-hybridized carbons (Fsp3) is 0.375. The van der Waals surface area contributed by atoms with Crippen molar-refractivity contribution in [1.29, 1.82) is 0 Å². The van der Waals surface area contributed by atoms with E-state index in [0.717, 1.165) is 35.6 Å². The quantitative estimate of drug-likeness (QED) is 0.271. The largest absolute Gasteiger partial charge is 0.497 e. The Bertz CT molecular complexity index is 1500. The fourth-order valence-corrected chi connectivity index (χ4v) is 6.86. The predicted octanol–water partition coefficient (Wildman–Crippen LogP) is 5.42. The molecule has 0 aliphatic heterocycles. The van der Waals surface area contributed by atoms with Crippen LogP contribution in [0.15, 0.2) is 77.7 Å². The third-order valence-corrected chi connectivity index (χ3v) is 9.64. The standard InChI is InChI=1S/C32H38ClN3O6S/c1-4-28(32(38)34-25-10-8-9-11-25)35(21-23-14-16-24(33)17-15-23)31(37)22-36(43(39,40)27-12-6-5-7-13-27)29-20-26(41-2)18-19-30(29)42-3/h5-7,12-20,25,28H,4,8-11,21-22H2,1-3H3,(H,34,38)/t28-/m0/s1. The number of nitrogens with zero attached hydrogens (tertiary/aromatic N) is 2. The summed E-state index contributed by atoms with van der Waals surface area (Å²) in [6.45, 7) is 1.34. The average molecular weight is 628 g/mol. The van der Waals surface area contributed by atoms with Gasteiger partial charge in [0.2, 0.25) is 11.8 Å². The van der Waals surface area contributed by atoms with E-state index in [9.17, 15) is 18.0 Å². The van der Waals surface area contributed by atoms with E-state index in [2.05, 4.69) is 5.32 Å². The Hall–Kier alpha value is -3.76. The Balaban J connectivity index is 1.77. The van der Waals surface area contributed by atoms with Crippen LogP contribution in [0.5, 0.6) is 11.5 Å². The summed E-state index contributed by atoms with van der Waals surface area (Å²) in [4.78, 5) is 29.4. The number of sulfonamides is 1. The first-order valence-corrected chi connectivity index (χ1v) is 16.1. The van der Waals surface area contributed by atoms with Crippen LogP contribution in [0.25, 0.3) is 0 Å². The van der Waals surface area contributed by atoms with Crippen molar-refractivity contribution in [2.24, 2.45) is 0 Å². The van der Waals surface area contributed by atoms with Gasteiger partial charge in [0.25, 0.3) is 10.0 Å². The molecular formula is C32H38ClN3O6S. The van der Waals surface area contributed by atoms with Gasteiger partial charge in [0.05, 0.1) is 24.8 Å². The van der Waals surface area contributed by atoms with Crippen molar-refractivity contribution < 1.29 is 27.5 Å². The first kappa shape index (κ1) is 32.2. The maximum Gasteiger partial charge on any atom is 0.264 e. The SMILES string of the molecule is CC[C@@H](C(=O)NC1CCCC1)N(Cc1ccc(Cl)cc1)C(=O)CN(c1cc(OC)ccc1OC)S(=O)(=O)c1ccccc1. The van der Waals surface area contributed by atoms with Crippen LogP contribution in [-0.4, -0.2) is 58.0 Å². The van der Waals surface area contributed by atoms with Crippen LogP contribution < -0.4 is 19.1 Å². The summed E-state index contributed by atoms with van der Waals surface area (Å²) in [5, 5.41) is 3.65. The van der Waals surface area contributed by atoms with Crippen LogP contribution >= 0.6 is 11.6 Å². The van der Waals surface area contributed by atoms with Gasteiger partial charge in [-0.2, -0.15) is 0 Å². The van der Waals surface area contributed by atoms with E-state index < -0.39 is 28.5 Å². The number of amides is 2. The van der Waals surface area contributed by atoms with Gasteiger partial charge in [-0.15, -0.1) is 0 Å². The monoisotopic (exact) mass is 627 g/mol. The molecular weight excluding hydrogens is 590 g/mol. The summed E-state index contributed by atoms with van der Waals surface area (Å²) < 4.78 is 40.2. The van der Waals surface area contributed by atoms with Crippen LogP contribution in [0, 0.1) is 0 Å². The molecule has 0 spiro atoms. The Kier molecular flexibility index (Phi) is 10.9. The highest BCUT2D eigenvalue weighted by atomic mass is 35.5. The first-order chi connectivity index (χ1) is 20.7. The number of hydrogen-bond donors (Lipinski definition) is 1. The molecule has 1 aliphatic rings. The second-order valence-electron chi connectivity index (χ2n) is 10.4. The molecule has 3 aromatic carbocycles. The highest BCUT2D eigenvalue weighted by Crippen LogP contribution is 2.36. The molecule has 2 amide bonds. The van der Waals surface area contributed by atoms with Gasteiger partial charge in [-0.25, -0.2) is 8.42 Å². The van der Waals surface area contributed by atoms with E-state index in [1.54, 1.807) is 54.6 Å². The van der Waals surface area contributed by atoms with Gasteiger partial charge in [-0.1, -0.05) is 61.7 Å². The molecule has 230 valence electrons. The van der Waals surface area contributed by atoms with Crippen molar-refractivity contribution in [2.75, 3.05) is 25.1 Å². The molecule has 0 unspecified atom stereocenters. The molecule has 3 aromatic rings. The van der Waals surface area contributed by atoms with Crippen molar-refractivity contribution in [3.05, 3.63) is 83.4 Å². The first-order valence-electron chi connectivity index (χ1n) is 14.3. The second-order valence-corrected chi connectivity index (χ2v) is 12.7. The van der Waals surface area contributed by atoms with Gasteiger partial charge >= 0.3 is 0 Å². The third kappa shape index (κ3) is 7.80. The van der Waals surface area contributed by atoms with Gasteiger partial charge in [0, 0.05) is 23.7 Å². The lowest BCUT2D eigenvalue weighted by atomic mass is 10.1. The molecule has 1 saturated carbocycles. The Morgan fingerprint density at radius 3 is 2.26 bits per heavy atom. The maximum atomic E-state index is 14.3. The van der Waals surface area contributed by atoms with Crippen LogP contribution in [0.4, 0.5) is 5.69 Å². The fourth-order valence-electron chi connectivity index (χ4n) is 5.30. The number of hydrogen-bond acceptors (Lipinski definition) is 6. The number of benzene rings is 3. The summed E-state index contributed by atoms with van der Waals surface area (Å²) in [7, 11) is -1.37. The number of carbonyl (C=O) groups is 2. The lowest BCUT2D eigenvalue weighted by Gasteiger charge is -2.34. The van der Waals surface area contributed by atoms with Crippen LogP contribution in [-0.2, 0) is 26.2 Å². The van der Waals surface area contributed by atoms with Gasteiger partial charge in [-0.3, -0.25) is 13.9 Å². The summed E-state index contributed by atoms with van der Waals surface area (Å²) in [5.74, 6) is -0.179. The Morgan fingerprint density at radius 1 is 0.977 bits per heavy atom. The minimum Gasteiger partial charge on any atom is -0.497 e. The van der Waals surface area contributed by atoms with E-state index >= 15 is 0 Å². The van der Waals surface area contributed by atoms with Crippen molar-refractivity contribution >= 4 is 39.1 Å². The van der Waals surface area contributed by atoms with Crippen LogP contribution in [0.3, 0.4) is 0 Å². The highest BCUT2D eigenvalue weighted by molar-refractivity contribution is 7.92. The zero-order valence-corrected chi connectivity index (χ0v) is 26.2. The van der Waals surface area contributed by atoms with E-state index in [4.69, 9.17) is 21.1 Å². The van der Waals surface area contributed by atoms with Gasteiger partial charge in [0.15, 0.2) is 0 Å². The summed E-state index contributed by atoms with van der Waals surface area (Å²) in [6, 6.07) is 18.9. The topological polar surface area (TPSA) is 105 Å². The third-order valence-electron chi connectivity index (χ3n) is 7.62. The van der Waals surface area contributed by atoms with E-state index in [1.807, 2.05) is 6.92 Å². The van der Waals surface area contributed by atoms with Gasteiger partial charge in [0.1, 0.15) is 24.1 Å². The number of carbonyl (C=O) groups excluding carboxylic acids is 2. The van der Waals surface area contributed by atoms with Gasteiger partial charge in [-0.05, 0) is 61.2 Å². The summed E-state index contributed by atoms with van der Waals surface area (Å²) in [5.41, 5.74) is 0.884. The molecule has 0 saturated heterocycles. The smallest absolute Gasteiger partial charge is 0.264 e. The zero-order chi connectivity index (χ0) is 31.0. The van der Waals surface area contributed by atoms with Crippen molar-refractivity contribution in [3.63, 3.8) is 0 Å². The molecule has 0 aromatic heterocycles. The van der Waals surface area contributed by atoms with E-state index in [-0.39, 0.29) is 34.8 Å². The molecule has 0 heterocycles. The Morgan fingerprint density at radius 2 is 1.65 bits per heavy atom. The van der Waals surface area contributed by atoms with Crippen molar-refractivity contribution in [3.8, 4) is 11.5 Å². The zero-order valence-electron chi connectivity index (χ0n) is 24.7. The van der Waals surface area contributed by atoms with Gasteiger partial charge < -0.3 is 19.7 Å². The number of ether oxygens (including phenoxy) is 2. The molecule has 1 atom stereocenters. The summed E-state index contributed by atoms with van der Waals surface area (Å²) >= 11 is 6.10. The second kappa shape index (κ2) is 14.6. The molecule has 1 N–H and O–H groups in total. The lowest BCUT2D eigenvalue weighted by Crippen LogP contribution is -2.53. The molecule has 9 nitrogen and oxygen atoms in total. The lowest BCUT2D eigenvalue weighted by molar-refractivity contribution is -0.140. The highest BCUT2D eigenvalue weighted by Gasteiger charge is 2.35. The average Bonchev–Trinajstić information content (AvgIpc) is 3.53. The number of halogens is 1. The van der Waals surface area contributed by atoms with Crippen LogP contribution in [0.1, 0.15) is 44.6 Å². The number of methoxy groups -OCH3 is 2. The minimum absolute atomic E-state index is 0.00272. The Labute approximate surface area is 258 Å². The van der Waals surface area contributed by atoms with Crippen molar-refractivity contribution in [2.45, 2.75) is 62.6 Å². The van der Waals surface area contributed by atoms with Crippen LogP contribution in [0.2, 0.25) is 5.02 Å². The van der Waals surface area contributed by atoms with Crippen molar-refractivity contribution in [1.82, 2.24) is 10.2 Å². The molecule has 11 heteroatoms. The van der Waals surface area contributed by atoms with E-state index in [0.29, 0.717) is 17.2 Å². The molecule has 1 aliphatic carbocycles. The number of nitrogens with one attached hydrogen (secondary N) is 1. The molecule has 4 rings (SSSR count).